The van der Waals surface area contributed by atoms with Crippen LogP contribution in [0.1, 0.15) is 50.9 Å². The largest absolute Gasteiger partial charge is 0.494 e. The first kappa shape index (κ1) is 29.8. The number of hydrogen-bond acceptors (Lipinski definition) is 5. The van der Waals surface area contributed by atoms with Gasteiger partial charge in [0.25, 0.3) is 5.91 Å². The molecular formula is C33H35Cl2N3O4. The standard InChI is InChI=1S/C33H35Cl2N3O4/c1-4-41-33(40)23-7-10-25(11-8-23)37-13-15-38(16-14-37)32(39)31-28(27-12-9-24(34)20-29(27)36-31)6-5-17-42-26-18-21(2)30(35)22(3)19-26/h7-12,18-20,36H,4-6,13-17H2,1-3H3. The fourth-order valence-corrected chi connectivity index (χ4v) is 5.73. The molecule has 0 atom stereocenters. The van der Waals surface area contributed by atoms with Gasteiger partial charge in [0.2, 0.25) is 0 Å². The Morgan fingerprint density at radius 3 is 2.29 bits per heavy atom. The number of ether oxygens (including phenoxy) is 2. The maximum absolute atomic E-state index is 13.8. The van der Waals surface area contributed by atoms with Crippen LogP contribution in [0.2, 0.25) is 10.0 Å². The minimum atomic E-state index is -0.323. The first-order chi connectivity index (χ1) is 20.2. The van der Waals surface area contributed by atoms with Crippen molar-refractivity contribution >= 4 is 51.7 Å². The van der Waals surface area contributed by atoms with Gasteiger partial charge in [-0.05, 0) is 98.8 Å². The highest BCUT2D eigenvalue weighted by Gasteiger charge is 2.26. The summed E-state index contributed by atoms with van der Waals surface area (Å²) in [4.78, 5) is 33.3. The first-order valence-electron chi connectivity index (χ1n) is 14.3. The van der Waals surface area contributed by atoms with E-state index in [1.165, 1.54) is 0 Å². The minimum Gasteiger partial charge on any atom is -0.494 e. The van der Waals surface area contributed by atoms with Crippen LogP contribution in [-0.2, 0) is 11.2 Å². The van der Waals surface area contributed by atoms with Crippen molar-refractivity contribution in [2.75, 3.05) is 44.3 Å². The second kappa shape index (κ2) is 13.1. The van der Waals surface area contributed by atoms with E-state index in [2.05, 4.69) is 9.88 Å². The highest BCUT2D eigenvalue weighted by Crippen LogP contribution is 2.29. The Morgan fingerprint density at radius 2 is 1.62 bits per heavy atom. The molecule has 1 saturated heterocycles. The summed E-state index contributed by atoms with van der Waals surface area (Å²) < 4.78 is 11.1. The van der Waals surface area contributed by atoms with Crippen LogP contribution in [0.15, 0.2) is 54.6 Å². The van der Waals surface area contributed by atoms with Gasteiger partial charge in [0.1, 0.15) is 11.4 Å². The molecule has 1 aliphatic rings. The molecule has 9 heteroatoms. The van der Waals surface area contributed by atoms with Gasteiger partial charge in [-0.15, -0.1) is 0 Å². The van der Waals surface area contributed by atoms with Gasteiger partial charge >= 0.3 is 5.97 Å². The van der Waals surface area contributed by atoms with Crippen LogP contribution in [0.25, 0.3) is 10.9 Å². The number of carbonyl (C=O) groups is 2. The smallest absolute Gasteiger partial charge is 0.338 e. The average molecular weight is 609 g/mol. The molecule has 1 aliphatic heterocycles. The molecule has 0 spiro atoms. The quantitative estimate of drug-likeness (QED) is 0.160. The third-order valence-electron chi connectivity index (χ3n) is 7.64. The van der Waals surface area contributed by atoms with Crippen molar-refractivity contribution < 1.29 is 19.1 Å². The summed E-state index contributed by atoms with van der Waals surface area (Å²) in [5.41, 5.74) is 5.97. The summed E-state index contributed by atoms with van der Waals surface area (Å²) in [5, 5.41) is 2.38. The molecule has 2 heterocycles. The number of nitrogens with zero attached hydrogens (tertiary/aromatic N) is 2. The van der Waals surface area contributed by atoms with Gasteiger partial charge in [0.05, 0.1) is 18.8 Å². The number of piperazine rings is 1. The number of carbonyl (C=O) groups excluding carboxylic acids is 2. The second-order valence-corrected chi connectivity index (χ2v) is 11.4. The lowest BCUT2D eigenvalue weighted by atomic mass is 10.0. The lowest BCUT2D eigenvalue weighted by Crippen LogP contribution is -2.49. The van der Waals surface area contributed by atoms with E-state index in [1.807, 2.05) is 61.2 Å². The van der Waals surface area contributed by atoms with E-state index in [9.17, 15) is 9.59 Å². The van der Waals surface area contributed by atoms with Crippen LogP contribution in [-0.4, -0.2) is 61.2 Å². The summed E-state index contributed by atoms with van der Waals surface area (Å²) >= 11 is 12.6. The van der Waals surface area contributed by atoms with Crippen molar-refractivity contribution in [3.63, 3.8) is 0 Å². The fourth-order valence-electron chi connectivity index (χ4n) is 5.45. The number of anilines is 1. The average Bonchev–Trinajstić information content (AvgIpc) is 3.35. The Labute approximate surface area is 256 Å². The molecule has 4 aromatic rings. The Morgan fingerprint density at radius 1 is 0.929 bits per heavy atom. The van der Waals surface area contributed by atoms with Crippen LogP contribution in [0.5, 0.6) is 5.75 Å². The number of hydrogen-bond donors (Lipinski definition) is 1. The van der Waals surface area contributed by atoms with E-state index < -0.39 is 0 Å². The Bertz CT molecular complexity index is 1570. The molecule has 0 bridgehead atoms. The monoisotopic (exact) mass is 607 g/mol. The number of H-pyrrole nitrogens is 1. The summed E-state index contributed by atoms with van der Waals surface area (Å²) in [6, 6.07) is 17.0. The van der Waals surface area contributed by atoms with Crippen LogP contribution >= 0.6 is 23.2 Å². The molecule has 5 rings (SSSR count). The van der Waals surface area contributed by atoms with Gasteiger partial charge in [-0.25, -0.2) is 4.79 Å². The Balaban J connectivity index is 1.25. The van der Waals surface area contributed by atoms with E-state index in [-0.39, 0.29) is 11.9 Å². The number of esters is 1. The molecule has 3 aromatic carbocycles. The molecule has 42 heavy (non-hydrogen) atoms. The van der Waals surface area contributed by atoms with Crippen LogP contribution in [0.3, 0.4) is 0 Å². The highest BCUT2D eigenvalue weighted by atomic mass is 35.5. The first-order valence-corrected chi connectivity index (χ1v) is 15.0. The number of rotatable bonds is 9. The zero-order valence-corrected chi connectivity index (χ0v) is 25.6. The van der Waals surface area contributed by atoms with E-state index in [0.717, 1.165) is 50.5 Å². The topological polar surface area (TPSA) is 74.9 Å². The van der Waals surface area contributed by atoms with Gasteiger partial charge in [0, 0.05) is 52.8 Å². The number of halogens is 2. The zero-order chi connectivity index (χ0) is 29.8. The lowest BCUT2D eigenvalue weighted by molar-refractivity contribution is 0.0526. The van der Waals surface area contributed by atoms with Gasteiger partial charge < -0.3 is 24.3 Å². The van der Waals surface area contributed by atoms with Crippen molar-refractivity contribution in [3.8, 4) is 5.75 Å². The molecule has 0 saturated carbocycles. The predicted molar refractivity (Wildman–Crippen MR) is 169 cm³/mol. The summed E-state index contributed by atoms with van der Waals surface area (Å²) in [5.74, 6) is 0.459. The van der Waals surface area contributed by atoms with Crippen molar-refractivity contribution in [1.29, 1.82) is 0 Å². The number of aromatic amines is 1. The summed E-state index contributed by atoms with van der Waals surface area (Å²) in [6.45, 7) is 9.16. The number of nitrogens with one attached hydrogen (secondary N) is 1. The molecule has 0 unspecified atom stereocenters. The van der Waals surface area contributed by atoms with E-state index >= 15 is 0 Å². The number of amides is 1. The second-order valence-electron chi connectivity index (χ2n) is 10.5. The number of aromatic nitrogens is 1. The lowest BCUT2D eigenvalue weighted by Gasteiger charge is -2.36. The van der Waals surface area contributed by atoms with Crippen LogP contribution in [0, 0.1) is 13.8 Å². The van der Waals surface area contributed by atoms with Gasteiger partial charge in [-0.2, -0.15) is 0 Å². The zero-order valence-electron chi connectivity index (χ0n) is 24.1. The molecule has 0 aliphatic carbocycles. The summed E-state index contributed by atoms with van der Waals surface area (Å²) in [6.07, 6.45) is 1.42. The van der Waals surface area contributed by atoms with Gasteiger partial charge in [-0.1, -0.05) is 29.3 Å². The number of aryl methyl sites for hydroxylation is 3. The molecule has 0 radical (unpaired) electrons. The molecule has 220 valence electrons. The number of benzene rings is 3. The molecular weight excluding hydrogens is 573 g/mol. The highest BCUT2D eigenvalue weighted by molar-refractivity contribution is 6.32. The van der Waals surface area contributed by atoms with Crippen molar-refractivity contribution in [3.05, 3.63) is 92.6 Å². The Kier molecular flexibility index (Phi) is 9.29. The third kappa shape index (κ3) is 6.53. The van der Waals surface area contributed by atoms with Gasteiger partial charge in [0.15, 0.2) is 0 Å². The molecule has 7 nitrogen and oxygen atoms in total. The normalized spacial score (nSPS) is 13.5. The number of fused-ring (bicyclic) bond motifs is 1. The summed E-state index contributed by atoms with van der Waals surface area (Å²) in [7, 11) is 0. The maximum Gasteiger partial charge on any atom is 0.338 e. The maximum atomic E-state index is 13.8. The van der Waals surface area contributed by atoms with E-state index in [1.54, 1.807) is 19.1 Å². The third-order valence-corrected chi connectivity index (χ3v) is 8.47. The van der Waals surface area contributed by atoms with Crippen LogP contribution < -0.4 is 9.64 Å². The van der Waals surface area contributed by atoms with E-state index in [0.29, 0.717) is 62.1 Å². The van der Waals surface area contributed by atoms with Crippen LogP contribution in [0.4, 0.5) is 5.69 Å². The van der Waals surface area contributed by atoms with Crippen molar-refractivity contribution in [1.82, 2.24) is 9.88 Å². The fraction of sp³-hybridized carbons (Fsp3) is 0.333. The minimum absolute atomic E-state index is 0.0144. The molecule has 1 amide bonds. The SMILES string of the molecule is CCOC(=O)c1ccc(N2CCN(C(=O)c3[nH]c4cc(Cl)ccc4c3CCCOc3cc(C)c(Cl)c(C)c3)CC2)cc1. The molecule has 1 fully saturated rings. The van der Waals surface area contributed by atoms with Crippen molar-refractivity contribution in [2.45, 2.75) is 33.6 Å². The van der Waals surface area contributed by atoms with E-state index in [4.69, 9.17) is 32.7 Å². The molecule has 1 aromatic heterocycles. The predicted octanol–water partition coefficient (Wildman–Crippen LogP) is 7.24. The Hall–Kier alpha value is -3.68. The molecule has 1 N–H and O–H groups in total. The van der Waals surface area contributed by atoms with Gasteiger partial charge in [-0.3, -0.25) is 4.79 Å². The van der Waals surface area contributed by atoms with Crippen molar-refractivity contribution in [2.24, 2.45) is 0 Å².